The Morgan fingerprint density at radius 3 is 3.00 bits per heavy atom. The fraction of sp³-hybridized carbons (Fsp3) is 0.533. The van der Waals surface area contributed by atoms with Crippen LogP contribution in [0.5, 0.6) is 5.75 Å². The van der Waals surface area contributed by atoms with E-state index in [9.17, 15) is 4.79 Å². The summed E-state index contributed by atoms with van der Waals surface area (Å²) >= 11 is 0. The van der Waals surface area contributed by atoms with Gasteiger partial charge in [0.2, 0.25) is 0 Å². The van der Waals surface area contributed by atoms with Gasteiger partial charge >= 0.3 is 5.97 Å². The van der Waals surface area contributed by atoms with Crippen LogP contribution in [0.4, 0.5) is 0 Å². The van der Waals surface area contributed by atoms with E-state index in [1.165, 1.54) is 0 Å². The third kappa shape index (κ3) is 3.26. The molecule has 1 aliphatic heterocycles. The Balaban J connectivity index is 2.09. The van der Waals surface area contributed by atoms with Crippen LogP contribution in [0.2, 0.25) is 0 Å². The van der Waals surface area contributed by atoms with Gasteiger partial charge in [0.05, 0.1) is 13.2 Å². The van der Waals surface area contributed by atoms with E-state index in [0.29, 0.717) is 13.2 Å². The molecule has 4 nitrogen and oxygen atoms in total. The minimum Gasteiger partial charge on any atom is -0.493 e. The average Bonchev–Trinajstić information content (AvgIpc) is 2.45. The molecule has 0 radical (unpaired) electrons. The standard InChI is InChI=1S/C15H21NO3/c1-3-12(15(17)18-4-2)16-13-9-10-19-14-8-6-5-7-11(13)14/h5-8,12-13,16H,3-4,9-10H2,1-2H3. The molecule has 0 bridgehead atoms. The Labute approximate surface area is 114 Å². The number of esters is 1. The SMILES string of the molecule is CCOC(=O)C(CC)NC1CCOc2ccccc21. The van der Waals surface area contributed by atoms with E-state index in [0.717, 1.165) is 24.2 Å². The highest BCUT2D eigenvalue weighted by molar-refractivity contribution is 5.75. The van der Waals surface area contributed by atoms with Crippen LogP contribution in [0.15, 0.2) is 24.3 Å². The summed E-state index contributed by atoms with van der Waals surface area (Å²) in [5, 5.41) is 3.39. The predicted molar refractivity (Wildman–Crippen MR) is 73.1 cm³/mol. The zero-order valence-electron chi connectivity index (χ0n) is 11.5. The van der Waals surface area contributed by atoms with Crippen LogP contribution >= 0.6 is 0 Å². The highest BCUT2D eigenvalue weighted by atomic mass is 16.5. The molecule has 4 heteroatoms. The van der Waals surface area contributed by atoms with E-state index >= 15 is 0 Å². The highest BCUT2D eigenvalue weighted by Crippen LogP contribution is 2.31. The molecule has 0 aromatic heterocycles. The lowest BCUT2D eigenvalue weighted by Gasteiger charge is -2.29. The van der Waals surface area contributed by atoms with Gasteiger partial charge in [0.25, 0.3) is 0 Å². The minimum atomic E-state index is -0.254. The number of nitrogens with one attached hydrogen (secondary N) is 1. The first-order valence-corrected chi connectivity index (χ1v) is 6.90. The first kappa shape index (κ1) is 13.9. The molecule has 2 atom stereocenters. The lowest BCUT2D eigenvalue weighted by atomic mass is 9.99. The highest BCUT2D eigenvalue weighted by Gasteiger charge is 2.26. The topological polar surface area (TPSA) is 47.6 Å². The number of ether oxygens (including phenoxy) is 2. The van der Waals surface area contributed by atoms with Crippen LogP contribution in [-0.4, -0.2) is 25.2 Å². The summed E-state index contributed by atoms with van der Waals surface area (Å²) in [7, 11) is 0. The second-order valence-corrected chi connectivity index (χ2v) is 4.61. The molecule has 0 aliphatic carbocycles. The fourth-order valence-corrected chi connectivity index (χ4v) is 2.35. The van der Waals surface area contributed by atoms with E-state index in [1.54, 1.807) is 0 Å². The number of rotatable bonds is 5. The molecule has 0 saturated heterocycles. The maximum absolute atomic E-state index is 11.8. The van der Waals surface area contributed by atoms with Crippen LogP contribution < -0.4 is 10.1 Å². The Morgan fingerprint density at radius 2 is 2.26 bits per heavy atom. The minimum absolute atomic E-state index is 0.152. The summed E-state index contributed by atoms with van der Waals surface area (Å²) in [4.78, 5) is 11.8. The molecule has 19 heavy (non-hydrogen) atoms. The van der Waals surface area contributed by atoms with E-state index in [4.69, 9.17) is 9.47 Å². The van der Waals surface area contributed by atoms with Crippen LogP contribution in [0, 0.1) is 0 Å². The van der Waals surface area contributed by atoms with Gasteiger partial charge in [-0.2, -0.15) is 0 Å². The van der Waals surface area contributed by atoms with Crippen molar-refractivity contribution in [3.8, 4) is 5.75 Å². The van der Waals surface area contributed by atoms with Crippen LogP contribution in [0.25, 0.3) is 0 Å². The second-order valence-electron chi connectivity index (χ2n) is 4.61. The number of hydrogen-bond donors (Lipinski definition) is 1. The van der Waals surface area contributed by atoms with Crippen molar-refractivity contribution in [2.75, 3.05) is 13.2 Å². The Bertz CT molecular complexity index is 433. The zero-order valence-corrected chi connectivity index (χ0v) is 11.5. The number of carbonyl (C=O) groups excluding carboxylic acids is 1. The van der Waals surface area contributed by atoms with Crippen molar-refractivity contribution in [3.63, 3.8) is 0 Å². The largest absolute Gasteiger partial charge is 0.493 e. The van der Waals surface area contributed by atoms with Crippen LogP contribution in [-0.2, 0) is 9.53 Å². The second kappa shape index (κ2) is 6.57. The van der Waals surface area contributed by atoms with Crippen molar-refractivity contribution < 1.29 is 14.3 Å². The molecule has 0 saturated carbocycles. The number of para-hydroxylation sites is 1. The zero-order chi connectivity index (χ0) is 13.7. The van der Waals surface area contributed by atoms with Gasteiger partial charge in [0.15, 0.2) is 0 Å². The van der Waals surface area contributed by atoms with Gasteiger partial charge in [0, 0.05) is 18.0 Å². The molecule has 1 N–H and O–H groups in total. The Hall–Kier alpha value is -1.55. The first-order chi connectivity index (χ1) is 9.26. The predicted octanol–water partition coefficient (Wildman–Crippen LogP) is 2.44. The van der Waals surface area contributed by atoms with Gasteiger partial charge in [-0.15, -0.1) is 0 Å². The Kier molecular flexibility index (Phi) is 4.80. The first-order valence-electron chi connectivity index (χ1n) is 6.90. The summed E-state index contributed by atoms with van der Waals surface area (Å²) < 4.78 is 10.7. The van der Waals surface area contributed by atoms with E-state index in [1.807, 2.05) is 38.1 Å². The molecule has 1 aromatic rings. The van der Waals surface area contributed by atoms with Crippen molar-refractivity contribution in [1.29, 1.82) is 0 Å². The normalized spacial score (nSPS) is 19.2. The lowest BCUT2D eigenvalue weighted by Crippen LogP contribution is -2.41. The summed E-state index contributed by atoms with van der Waals surface area (Å²) in [5.74, 6) is 0.735. The van der Waals surface area contributed by atoms with Crippen molar-refractivity contribution in [2.24, 2.45) is 0 Å². The molecule has 0 amide bonds. The van der Waals surface area contributed by atoms with Crippen LogP contribution in [0.1, 0.15) is 38.3 Å². The number of benzene rings is 1. The molecular weight excluding hydrogens is 242 g/mol. The smallest absolute Gasteiger partial charge is 0.323 e. The summed E-state index contributed by atoms with van der Waals surface area (Å²) in [6.45, 7) is 4.91. The maximum atomic E-state index is 11.8. The van der Waals surface area contributed by atoms with E-state index < -0.39 is 0 Å². The van der Waals surface area contributed by atoms with Gasteiger partial charge in [-0.05, 0) is 19.4 Å². The summed E-state index contributed by atoms with van der Waals surface area (Å²) in [6, 6.07) is 7.87. The van der Waals surface area contributed by atoms with Crippen molar-refractivity contribution in [2.45, 2.75) is 38.8 Å². The molecule has 2 unspecified atom stereocenters. The summed E-state index contributed by atoms with van der Waals surface area (Å²) in [5.41, 5.74) is 1.12. The van der Waals surface area contributed by atoms with Gasteiger partial charge in [0.1, 0.15) is 11.8 Å². The molecule has 1 aliphatic rings. The molecule has 1 aromatic carbocycles. The van der Waals surface area contributed by atoms with Crippen molar-refractivity contribution >= 4 is 5.97 Å². The van der Waals surface area contributed by atoms with Crippen molar-refractivity contribution in [1.82, 2.24) is 5.32 Å². The third-order valence-electron chi connectivity index (χ3n) is 3.34. The molecule has 2 rings (SSSR count). The number of fused-ring (bicyclic) bond motifs is 1. The van der Waals surface area contributed by atoms with E-state index in [-0.39, 0.29) is 18.1 Å². The number of hydrogen-bond acceptors (Lipinski definition) is 4. The third-order valence-corrected chi connectivity index (χ3v) is 3.34. The monoisotopic (exact) mass is 263 g/mol. The molecule has 0 fully saturated rings. The fourth-order valence-electron chi connectivity index (χ4n) is 2.35. The Morgan fingerprint density at radius 1 is 1.47 bits per heavy atom. The molecule has 0 spiro atoms. The quantitative estimate of drug-likeness (QED) is 0.829. The average molecular weight is 263 g/mol. The maximum Gasteiger partial charge on any atom is 0.323 e. The van der Waals surface area contributed by atoms with Gasteiger partial charge in [-0.1, -0.05) is 25.1 Å². The lowest BCUT2D eigenvalue weighted by molar-refractivity contribution is -0.146. The van der Waals surface area contributed by atoms with Crippen LogP contribution in [0.3, 0.4) is 0 Å². The molecular formula is C15H21NO3. The van der Waals surface area contributed by atoms with Gasteiger partial charge < -0.3 is 9.47 Å². The van der Waals surface area contributed by atoms with E-state index in [2.05, 4.69) is 5.32 Å². The molecule has 1 heterocycles. The van der Waals surface area contributed by atoms with Gasteiger partial charge in [-0.25, -0.2) is 0 Å². The molecule has 104 valence electrons. The van der Waals surface area contributed by atoms with Crippen molar-refractivity contribution in [3.05, 3.63) is 29.8 Å². The summed E-state index contributed by atoms with van der Waals surface area (Å²) in [6.07, 6.45) is 1.59. The van der Waals surface area contributed by atoms with Gasteiger partial charge in [-0.3, -0.25) is 10.1 Å². The number of carbonyl (C=O) groups is 1.